The molecule has 0 fully saturated rings. The Morgan fingerprint density at radius 1 is 1.06 bits per heavy atom. The van der Waals surface area contributed by atoms with Gasteiger partial charge in [-0.25, -0.2) is 9.59 Å². The largest absolute Gasteiger partial charge is 0.496 e. The lowest BCUT2D eigenvalue weighted by molar-refractivity contribution is 0.0693. The Balaban J connectivity index is 2.97. The molecule has 0 saturated carbocycles. The Bertz CT molecular complexity index is 645. The quantitative estimate of drug-likeness (QED) is 0.867. The number of carbonyl (C=O) groups is 2. The Morgan fingerprint density at radius 3 is 2.33 bits per heavy atom. The van der Waals surface area contributed by atoms with E-state index in [0.29, 0.717) is 5.39 Å². The van der Waals surface area contributed by atoms with Crippen LogP contribution in [0, 0.1) is 0 Å². The lowest BCUT2D eigenvalue weighted by Gasteiger charge is -2.10. The van der Waals surface area contributed by atoms with E-state index in [1.165, 1.54) is 19.2 Å². The third-order valence-electron chi connectivity index (χ3n) is 2.67. The summed E-state index contributed by atoms with van der Waals surface area (Å²) in [7, 11) is 1.34. The highest BCUT2D eigenvalue weighted by Gasteiger charge is 2.20. The fraction of sp³-hybridized carbons (Fsp3) is 0.0769. The fourth-order valence-corrected chi connectivity index (χ4v) is 1.92. The van der Waals surface area contributed by atoms with Crippen LogP contribution in [0.5, 0.6) is 5.75 Å². The van der Waals surface area contributed by atoms with Crippen LogP contribution >= 0.6 is 0 Å². The molecular formula is C13H10O5. The minimum Gasteiger partial charge on any atom is -0.496 e. The molecule has 0 atom stereocenters. The second kappa shape index (κ2) is 4.37. The van der Waals surface area contributed by atoms with Gasteiger partial charge in [-0.3, -0.25) is 0 Å². The first kappa shape index (κ1) is 11.9. The van der Waals surface area contributed by atoms with Gasteiger partial charge >= 0.3 is 11.9 Å². The summed E-state index contributed by atoms with van der Waals surface area (Å²) < 4.78 is 4.98. The van der Waals surface area contributed by atoms with Gasteiger partial charge in [-0.15, -0.1) is 0 Å². The number of fused-ring (bicyclic) bond motifs is 1. The minimum absolute atomic E-state index is 0.0520. The molecule has 0 aromatic heterocycles. The van der Waals surface area contributed by atoms with E-state index >= 15 is 0 Å². The topological polar surface area (TPSA) is 83.8 Å². The van der Waals surface area contributed by atoms with Gasteiger partial charge in [0, 0.05) is 5.39 Å². The standard InChI is InChI=1S/C13H10O5/c1-18-9-6-5-7-3-2-4-8(12(14)15)10(7)11(9)13(16)17/h2-6H,1H3,(H,14,15)(H,16,17). The summed E-state index contributed by atoms with van der Waals surface area (Å²) in [5.41, 5.74) is -0.184. The van der Waals surface area contributed by atoms with Gasteiger partial charge in [0.2, 0.25) is 0 Å². The second-order valence-electron chi connectivity index (χ2n) is 3.66. The van der Waals surface area contributed by atoms with Gasteiger partial charge in [-0.05, 0) is 17.5 Å². The van der Waals surface area contributed by atoms with Crippen LogP contribution < -0.4 is 4.74 Å². The summed E-state index contributed by atoms with van der Waals surface area (Å²) in [5.74, 6) is -2.24. The van der Waals surface area contributed by atoms with Crippen LogP contribution in [0.1, 0.15) is 20.7 Å². The number of aromatic carboxylic acids is 2. The van der Waals surface area contributed by atoms with Crippen molar-refractivity contribution in [1.82, 2.24) is 0 Å². The smallest absolute Gasteiger partial charge is 0.340 e. The molecule has 0 radical (unpaired) electrons. The Labute approximate surface area is 102 Å². The normalized spacial score (nSPS) is 10.3. The molecule has 2 aromatic carbocycles. The predicted molar refractivity (Wildman–Crippen MR) is 64.4 cm³/mol. The zero-order valence-electron chi connectivity index (χ0n) is 9.51. The fourth-order valence-electron chi connectivity index (χ4n) is 1.92. The van der Waals surface area contributed by atoms with E-state index in [4.69, 9.17) is 9.84 Å². The SMILES string of the molecule is COc1ccc2cccc(C(=O)O)c2c1C(=O)O. The van der Waals surface area contributed by atoms with Crippen molar-refractivity contribution >= 4 is 22.7 Å². The number of carboxylic acids is 2. The summed E-state index contributed by atoms with van der Waals surface area (Å²) in [5, 5.41) is 19.1. The van der Waals surface area contributed by atoms with E-state index in [1.807, 2.05) is 0 Å². The van der Waals surface area contributed by atoms with Crippen LogP contribution in [0.25, 0.3) is 10.8 Å². The van der Waals surface area contributed by atoms with Crippen LogP contribution in [0.2, 0.25) is 0 Å². The molecule has 2 N–H and O–H groups in total. The van der Waals surface area contributed by atoms with Crippen molar-refractivity contribution in [2.24, 2.45) is 0 Å². The van der Waals surface area contributed by atoms with Crippen LogP contribution in [-0.2, 0) is 0 Å². The number of rotatable bonds is 3. The minimum atomic E-state index is -1.22. The summed E-state index contributed by atoms with van der Waals surface area (Å²) in [6.45, 7) is 0. The third kappa shape index (κ3) is 1.75. The van der Waals surface area contributed by atoms with Crippen molar-refractivity contribution in [3.63, 3.8) is 0 Å². The van der Waals surface area contributed by atoms with E-state index in [0.717, 1.165) is 0 Å². The summed E-state index contributed by atoms with van der Waals surface area (Å²) in [6.07, 6.45) is 0. The van der Waals surface area contributed by atoms with Crippen LogP contribution in [0.3, 0.4) is 0 Å². The molecule has 0 heterocycles. The highest BCUT2D eigenvalue weighted by molar-refractivity contribution is 6.14. The second-order valence-corrected chi connectivity index (χ2v) is 3.66. The lowest BCUT2D eigenvalue weighted by atomic mass is 9.98. The predicted octanol–water partition coefficient (Wildman–Crippen LogP) is 2.24. The number of hydrogen-bond acceptors (Lipinski definition) is 3. The zero-order valence-corrected chi connectivity index (χ0v) is 9.51. The number of ether oxygens (including phenoxy) is 1. The maximum atomic E-state index is 11.3. The van der Waals surface area contributed by atoms with Crippen LogP contribution in [0.15, 0.2) is 30.3 Å². The molecule has 0 aliphatic carbocycles. The van der Waals surface area contributed by atoms with E-state index in [1.54, 1.807) is 18.2 Å². The summed E-state index contributed by atoms with van der Waals surface area (Å²) in [4.78, 5) is 22.5. The van der Waals surface area contributed by atoms with E-state index < -0.39 is 11.9 Å². The van der Waals surface area contributed by atoms with Crippen molar-refractivity contribution in [3.8, 4) is 5.75 Å². The zero-order chi connectivity index (χ0) is 13.3. The molecule has 0 aliphatic heterocycles. The van der Waals surface area contributed by atoms with Gasteiger partial charge < -0.3 is 14.9 Å². The first-order chi connectivity index (χ1) is 8.56. The van der Waals surface area contributed by atoms with Crippen LogP contribution in [0.4, 0.5) is 0 Å². The molecule has 0 aliphatic rings. The number of methoxy groups -OCH3 is 1. The lowest BCUT2D eigenvalue weighted by Crippen LogP contribution is -2.06. The van der Waals surface area contributed by atoms with E-state index in [2.05, 4.69) is 0 Å². The van der Waals surface area contributed by atoms with E-state index in [9.17, 15) is 14.7 Å². The Kier molecular flexibility index (Phi) is 2.89. The highest BCUT2D eigenvalue weighted by Crippen LogP contribution is 2.30. The average molecular weight is 246 g/mol. The van der Waals surface area contributed by atoms with Crippen LogP contribution in [-0.4, -0.2) is 29.3 Å². The van der Waals surface area contributed by atoms with Gasteiger partial charge in [-0.2, -0.15) is 0 Å². The molecule has 92 valence electrons. The highest BCUT2D eigenvalue weighted by atomic mass is 16.5. The molecule has 0 spiro atoms. The number of hydrogen-bond donors (Lipinski definition) is 2. The molecule has 18 heavy (non-hydrogen) atoms. The molecule has 2 rings (SSSR count). The Hall–Kier alpha value is -2.56. The first-order valence-corrected chi connectivity index (χ1v) is 5.12. The summed E-state index contributed by atoms with van der Waals surface area (Å²) >= 11 is 0. The van der Waals surface area contributed by atoms with Gasteiger partial charge in [0.15, 0.2) is 0 Å². The maximum Gasteiger partial charge on any atom is 0.340 e. The van der Waals surface area contributed by atoms with Gasteiger partial charge in [0.1, 0.15) is 11.3 Å². The van der Waals surface area contributed by atoms with Crippen molar-refractivity contribution < 1.29 is 24.5 Å². The molecule has 0 saturated heterocycles. The molecule has 5 nitrogen and oxygen atoms in total. The summed E-state index contributed by atoms with van der Waals surface area (Å²) in [6, 6.07) is 7.75. The third-order valence-corrected chi connectivity index (χ3v) is 2.67. The molecule has 0 bridgehead atoms. The molecule has 0 unspecified atom stereocenters. The molecule has 2 aromatic rings. The molecular weight excluding hydrogens is 236 g/mol. The van der Waals surface area contributed by atoms with Crippen molar-refractivity contribution in [3.05, 3.63) is 41.5 Å². The van der Waals surface area contributed by atoms with Crippen molar-refractivity contribution in [1.29, 1.82) is 0 Å². The molecule has 0 amide bonds. The first-order valence-electron chi connectivity index (χ1n) is 5.12. The average Bonchev–Trinajstić information content (AvgIpc) is 2.35. The van der Waals surface area contributed by atoms with Crippen molar-refractivity contribution in [2.45, 2.75) is 0 Å². The van der Waals surface area contributed by atoms with Gasteiger partial charge in [0.05, 0.1) is 12.7 Å². The van der Waals surface area contributed by atoms with Gasteiger partial charge in [0.25, 0.3) is 0 Å². The van der Waals surface area contributed by atoms with E-state index in [-0.39, 0.29) is 22.3 Å². The maximum absolute atomic E-state index is 11.3. The monoisotopic (exact) mass is 246 g/mol. The molecule has 5 heteroatoms. The Morgan fingerprint density at radius 2 is 1.78 bits per heavy atom. The number of benzene rings is 2. The van der Waals surface area contributed by atoms with Gasteiger partial charge in [-0.1, -0.05) is 18.2 Å². The van der Waals surface area contributed by atoms with Crippen molar-refractivity contribution in [2.75, 3.05) is 7.11 Å². The number of carboxylic acid groups (broad SMARTS) is 2.